The summed E-state index contributed by atoms with van der Waals surface area (Å²) in [6.07, 6.45) is 5.09. The van der Waals surface area contributed by atoms with Crippen molar-refractivity contribution < 1.29 is 9.53 Å². The minimum atomic E-state index is 0.179. The van der Waals surface area contributed by atoms with Gasteiger partial charge in [-0.1, -0.05) is 12.8 Å². The van der Waals surface area contributed by atoms with Crippen LogP contribution in [-0.2, 0) is 0 Å². The fourth-order valence-corrected chi connectivity index (χ4v) is 1.76. The zero-order valence-corrected chi connectivity index (χ0v) is 10.8. The molecule has 0 heterocycles. The third kappa shape index (κ3) is 5.01. The molecule has 3 nitrogen and oxygen atoms in total. The molecule has 0 spiro atoms. The molecular formula is C15H19NO2. The van der Waals surface area contributed by atoms with Gasteiger partial charge in [0, 0.05) is 18.4 Å². The number of rotatable bonds is 8. The molecule has 96 valence electrons. The number of carbonyl (C=O) groups is 1. The second kappa shape index (κ2) is 8.30. The van der Waals surface area contributed by atoms with E-state index in [4.69, 9.17) is 10.00 Å². The van der Waals surface area contributed by atoms with Gasteiger partial charge in [0.2, 0.25) is 0 Å². The van der Waals surface area contributed by atoms with Crippen molar-refractivity contribution >= 4 is 5.78 Å². The molecule has 0 unspecified atom stereocenters. The normalized spacial score (nSPS) is 9.78. The average molecular weight is 245 g/mol. The zero-order valence-electron chi connectivity index (χ0n) is 10.8. The Balaban J connectivity index is 2.25. The largest absolute Gasteiger partial charge is 0.497 e. The lowest BCUT2D eigenvalue weighted by molar-refractivity contribution is 0.0979. The molecule has 1 rings (SSSR count). The summed E-state index contributed by atoms with van der Waals surface area (Å²) in [5.41, 5.74) is 0.743. The maximum absolute atomic E-state index is 11.8. The Hall–Kier alpha value is -1.82. The molecule has 0 N–H and O–H groups in total. The highest BCUT2D eigenvalue weighted by atomic mass is 16.5. The third-order valence-corrected chi connectivity index (χ3v) is 2.85. The van der Waals surface area contributed by atoms with E-state index in [1.807, 2.05) is 0 Å². The number of hydrogen-bond donors (Lipinski definition) is 0. The summed E-state index contributed by atoms with van der Waals surface area (Å²) in [6, 6.07) is 9.34. The number of unbranched alkanes of at least 4 members (excludes halogenated alkanes) is 4. The molecule has 0 saturated carbocycles. The van der Waals surface area contributed by atoms with Crippen LogP contribution in [0.1, 0.15) is 48.9 Å². The SMILES string of the molecule is COc1ccc(C(=O)CCCCCCC#N)cc1. The van der Waals surface area contributed by atoms with E-state index in [1.165, 1.54) is 0 Å². The molecule has 0 aliphatic carbocycles. The van der Waals surface area contributed by atoms with E-state index in [-0.39, 0.29) is 5.78 Å². The molecule has 0 radical (unpaired) electrons. The van der Waals surface area contributed by atoms with E-state index >= 15 is 0 Å². The van der Waals surface area contributed by atoms with Gasteiger partial charge in [-0.15, -0.1) is 0 Å². The second-order valence-corrected chi connectivity index (χ2v) is 4.22. The molecule has 1 aromatic rings. The Morgan fingerprint density at radius 1 is 1.17 bits per heavy atom. The molecule has 0 aromatic heterocycles. The number of hydrogen-bond acceptors (Lipinski definition) is 3. The number of ketones is 1. The van der Waals surface area contributed by atoms with E-state index in [9.17, 15) is 4.79 Å². The molecule has 0 aliphatic heterocycles. The van der Waals surface area contributed by atoms with Gasteiger partial charge in [-0.3, -0.25) is 4.79 Å². The maximum Gasteiger partial charge on any atom is 0.162 e. The number of ether oxygens (including phenoxy) is 1. The summed E-state index contributed by atoms with van der Waals surface area (Å²) in [5.74, 6) is 0.945. The second-order valence-electron chi connectivity index (χ2n) is 4.22. The predicted molar refractivity (Wildman–Crippen MR) is 70.6 cm³/mol. The highest BCUT2D eigenvalue weighted by Gasteiger charge is 2.05. The molecule has 0 saturated heterocycles. The lowest BCUT2D eigenvalue weighted by Crippen LogP contribution is -1.98. The smallest absolute Gasteiger partial charge is 0.162 e. The van der Waals surface area contributed by atoms with Crippen molar-refractivity contribution in [1.29, 1.82) is 5.26 Å². The van der Waals surface area contributed by atoms with Crippen molar-refractivity contribution in [2.75, 3.05) is 7.11 Å². The van der Waals surface area contributed by atoms with Crippen LogP contribution in [0.25, 0.3) is 0 Å². The summed E-state index contributed by atoms with van der Waals surface area (Å²) < 4.78 is 5.05. The topological polar surface area (TPSA) is 50.1 Å². The van der Waals surface area contributed by atoms with Gasteiger partial charge < -0.3 is 4.74 Å². The van der Waals surface area contributed by atoms with Gasteiger partial charge in [0.15, 0.2) is 5.78 Å². The van der Waals surface area contributed by atoms with Crippen LogP contribution >= 0.6 is 0 Å². The van der Waals surface area contributed by atoms with E-state index in [0.29, 0.717) is 12.8 Å². The van der Waals surface area contributed by atoms with Gasteiger partial charge in [-0.2, -0.15) is 5.26 Å². The van der Waals surface area contributed by atoms with E-state index in [2.05, 4.69) is 6.07 Å². The van der Waals surface area contributed by atoms with Crippen molar-refractivity contribution in [3.8, 4) is 11.8 Å². The van der Waals surface area contributed by atoms with E-state index < -0.39 is 0 Å². The van der Waals surface area contributed by atoms with Crippen molar-refractivity contribution in [3.63, 3.8) is 0 Å². The quantitative estimate of drug-likeness (QED) is 0.517. The van der Waals surface area contributed by atoms with E-state index in [0.717, 1.165) is 37.0 Å². The lowest BCUT2D eigenvalue weighted by Gasteiger charge is -2.03. The van der Waals surface area contributed by atoms with Gasteiger partial charge >= 0.3 is 0 Å². The molecule has 0 atom stereocenters. The molecule has 18 heavy (non-hydrogen) atoms. The standard InChI is InChI=1S/C15H19NO2/c1-18-14-10-8-13(9-11-14)15(17)7-5-3-2-4-6-12-16/h8-11H,2-7H2,1H3. The van der Waals surface area contributed by atoms with Crippen molar-refractivity contribution in [2.24, 2.45) is 0 Å². The molecule has 0 bridgehead atoms. The van der Waals surface area contributed by atoms with Crippen LogP contribution in [0.15, 0.2) is 24.3 Å². The number of benzene rings is 1. The Kier molecular flexibility index (Phi) is 6.56. The molecule has 0 fully saturated rings. The van der Waals surface area contributed by atoms with Gasteiger partial charge in [0.25, 0.3) is 0 Å². The highest BCUT2D eigenvalue weighted by molar-refractivity contribution is 5.96. The van der Waals surface area contributed by atoms with Crippen LogP contribution in [0.3, 0.4) is 0 Å². The van der Waals surface area contributed by atoms with Gasteiger partial charge in [0.05, 0.1) is 13.2 Å². The number of methoxy groups -OCH3 is 1. The van der Waals surface area contributed by atoms with Gasteiger partial charge in [-0.25, -0.2) is 0 Å². The fourth-order valence-electron chi connectivity index (χ4n) is 1.76. The number of Topliss-reactive ketones (excluding diaryl/α,β-unsaturated/α-hetero) is 1. The molecular weight excluding hydrogens is 226 g/mol. The van der Waals surface area contributed by atoms with Crippen molar-refractivity contribution in [3.05, 3.63) is 29.8 Å². The van der Waals surface area contributed by atoms with Crippen LogP contribution < -0.4 is 4.74 Å². The third-order valence-electron chi connectivity index (χ3n) is 2.85. The molecule has 3 heteroatoms. The minimum absolute atomic E-state index is 0.179. The van der Waals surface area contributed by atoms with Crippen molar-refractivity contribution in [2.45, 2.75) is 38.5 Å². The maximum atomic E-state index is 11.8. The van der Waals surface area contributed by atoms with Crippen LogP contribution in [0.5, 0.6) is 5.75 Å². The molecule has 0 aliphatic rings. The first kappa shape index (κ1) is 14.2. The van der Waals surface area contributed by atoms with Gasteiger partial charge in [0.1, 0.15) is 5.75 Å². The first-order valence-electron chi connectivity index (χ1n) is 6.32. The predicted octanol–water partition coefficient (Wildman–Crippen LogP) is 3.74. The number of carbonyl (C=O) groups excluding carboxylic acids is 1. The molecule has 1 aromatic carbocycles. The Bertz CT molecular complexity index is 403. The zero-order chi connectivity index (χ0) is 13.2. The number of nitrogens with zero attached hydrogens (tertiary/aromatic N) is 1. The summed E-state index contributed by atoms with van der Waals surface area (Å²) in [6.45, 7) is 0. The average Bonchev–Trinajstić information content (AvgIpc) is 2.42. The summed E-state index contributed by atoms with van der Waals surface area (Å²) in [4.78, 5) is 11.8. The first-order chi connectivity index (χ1) is 8.77. The Labute approximate surface area is 108 Å². The van der Waals surface area contributed by atoms with Crippen molar-refractivity contribution in [1.82, 2.24) is 0 Å². The van der Waals surface area contributed by atoms with Gasteiger partial charge in [-0.05, 0) is 37.1 Å². The Morgan fingerprint density at radius 3 is 2.44 bits per heavy atom. The monoisotopic (exact) mass is 245 g/mol. The van der Waals surface area contributed by atoms with E-state index in [1.54, 1.807) is 31.4 Å². The van der Waals surface area contributed by atoms with Crippen LogP contribution in [0.2, 0.25) is 0 Å². The van der Waals surface area contributed by atoms with Crippen LogP contribution in [0, 0.1) is 11.3 Å². The Morgan fingerprint density at radius 2 is 1.83 bits per heavy atom. The lowest BCUT2D eigenvalue weighted by atomic mass is 10.0. The molecule has 0 amide bonds. The highest BCUT2D eigenvalue weighted by Crippen LogP contribution is 2.14. The summed E-state index contributed by atoms with van der Waals surface area (Å²) in [7, 11) is 1.61. The summed E-state index contributed by atoms with van der Waals surface area (Å²) in [5, 5.41) is 8.39. The summed E-state index contributed by atoms with van der Waals surface area (Å²) >= 11 is 0. The first-order valence-corrected chi connectivity index (χ1v) is 6.32. The minimum Gasteiger partial charge on any atom is -0.497 e. The van der Waals surface area contributed by atoms with Crippen LogP contribution in [0.4, 0.5) is 0 Å². The van der Waals surface area contributed by atoms with Crippen LogP contribution in [-0.4, -0.2) is 12.9 Å². The number of nitriles is 1. The fraction of sp³-hybridized carbons (Fsp3) is 0.467.